The van der Waals surface area contributed by atoms with Crippen molar-refractivity contribution in [3.63, 3.8) is 0 Å². The normalized spacial score (nSPS) is 11.1. The summed E-state index contributed by atoms with van der Waals surface area (Å²) in [5, 5.41) is 0. The fraction of sp³-hybridized carbons (Fsp3) is 0.857. The standard InChI is InChI=1S/C7H16NO2/c1-8(2,3)5-4-6-10-7-9/h7H,4-6H2,1-3H3/q+1. The fourth-order valence-electron chi connectivity index (χ4n) is 0.670. The molecule has 0 heterocycles. The summed E-state index contributed by atoms with van der Waals surface area (Å²) in [6.45, 7) is 2.07. The molecule has 0 unspecified atom stereocenters. The van der Waals surface area contributed by atoms with Gasteiger partial charge in [0.25, 0.3) is 6.47 Å². The summed E-state index contributed by atoms with van der Waals surface area (Å²) < 4.78 is 5.46. The largest absolute Gasteiger partial charge is 0.468 e. The van der Waals surface area contributed by atoms with Crippen LogP contribution in [-0.4, -0.2) is 45.2 Å². The molecule has 3 nitrogen and oxygen atoms in total. The maximum Gasteiger partial charge on any atom is 0.293 e. The van der Waals surface area contributed by atoms with Crippen molar-refractivity contribution in [2.24, 2.45) is 0 Å². The van der Waals surface area contributed by atoms with Crippen LogP contribution in [0.3, 0.4) is 0 Å². The number of ether oxygens (including phenoxy) is 1. The molecule has 0 aliphatic heterocycles. The number of carbonyl (C=O) groups excluding carboxylic acids is 1. The van der Waals surface area contributed by atoms with E-state index >= 15 is 0 Å². The number of quaternary nitrogens is 1. The zero-order valence-electron chi connectivity index (χ0n) is 6.96. The van der Waals surface area contributed by atoms with E-state index in [4.69, 9.17) is 0 Å². The van der Waals surface area contributed by atoms with Crippen molar-refractivity contribution in [2.45, 2.75) is 6.42 Å². The van der Waals surface area contributed by atoms with Crippen LogP contribution in [0, 0.1) is 0 Å². The third kappa shape index (κ3) is 7.43. The van der Waals surface area contributed by atoms with E-state index in [0.717, 1.165) is 17.4 Å². The second kappa shape index (κ2) is 4.28. The average molecular weight is 146 g/mol. The van der Waals surface area contributed by atoms with Gasteiger partial charge >= 0.3 is 0 Å². The van der Waals surface area contributed by atoms with Crippen molar-refractivity contribution < 1.29 is 14.0 Å². The predicted molar refractivity (Wildman–Crippen MR) is 39.5 cm³/mol. The Labute approximate surface area is 62.2 Å². The van der Waals surface area contributed by atoms with Gasteiger partial charge in [-0.25, -0.2) is 0 Å². The highest BCUT2D eigenvalue weighted by Crippen LogP contribution is 1.92. The zero-order valence-corrected chi connectivity index (χ0v) is 6.96. The summed E-state index contributed by atoms with van der Waals surface area (Å²) >= 11 is 0. The van der Waals surface area contributed by atoms with Crippen LogP contribution in [0.15, 0.2) is 0 Å². The summed E-state index contributed by atoms with van der Waals surface area (Å²) in [7, 11) is 6.34. The molecule has 0 aromatic rings. The van der Waals surface area contributed by atoms with Crippen LogP contribution in [0.5, 0.6) is 0 Å². The highest BCUT2D eigenvalue weighted by Gasteiger charge is 2.04. The number of nitrogens with zero attached hydrogens (tertiary/aromatic N) is 1. The molecular weight excluding hydrogens is 130 g/mol. The Morgan fingerprint density at radius 1 is 1.40 bits per heavy atom. The molecule has 10 heavy (non-hydrogen) atoms. The Balaban J connectivity index is 3.12. The van der Waals surface area contributed by atoms with E-state index < -0.39 is 0 Å². The molecule has 0 amide bonds. The highest BCUT2D eigenvalue weighted by atomic mass is 16.5. The monoisotopic (exact) mass is 146 g/mol. The summed E-state index contributed by atoms with van der Waals surface area (Å²) in [5.74, 6) is 0. The van der Waals surface area contributed by atoms with Crippen LogP contribution in [0.2, 0.25) is 0 Å². The molecule has 0 aliphatic carbocycles. The fourth-order valence-corrected chi connectivity index (χ4v) is 0.670. The maximum atomic E-state index is 9.70. The second-order valence-electron chi connectivity index (χ2n) is 3.33. The second-order valence-corrected chi connectivity index (χ2v) is 3.33. The summed E-state index contributed by atoms with van der Waals surface area (Å²) in [4.78, 5) is 9.70. The van der Waals surface area contributed by atoms with Crippen molar-refractivity contribution in [3.8, 4) is 0 Å². The lowest BCUT2D eigenvalue weighted by molar-refractivity contribution is -0.870. The Kier molecular flexibility index (Phi) is 4.03. The third-order valence-corrected chi connectivity index (χ3v) is 1.16. The van der Waals surface area contributed by atoms with Crippen LogP contribution >= 0.6 is 0 Å². The Morgan fingerprint density at radius 3 is 2.40 bits per heavy atom. The van der Waals surface area contributed by atoms with Crippen LogP contribution in [-0.2, 0) is 9.53 Å². The number of rotatable bonds is 5. The van der Waals surface area contributed by atoms with Gasteiger partial charge < -0.3 is 9.22 Å². The lowest BCUT2D eigenvalue weighted by Gasteiger charge is -2.23. The summed E-state index contributed by atoms with van der Waals surface area (Å²) in [6, 6.07) is 0. The van der Waals surface area contributed by atoms with Gasteiger partial charge in [0.15, 0.2) is 0 Å². The Morgan fingerprint density at radius 2 is 2.00 bits per heavy atom. The lowest BCUT2D eigenvalue weighted by Crippen LogP contribution is -2.35. The molecule has 0 atom stereocenters. The van der Waals surface area contributed by atoms with Gasteiger partial charge in [0.1, 0.15) is 0 Å². The van der Waals surface area contributed by atoms with Crippen LogP contribution in [0.4, 0.5) is 0 Å². The summed E-state index contributed by atoms with van der Waals surface area (Å²) in [5.41, 5.74) is 0. The minimum absolute atomic E-state index is 0.496. The maximum absolute atomic E-state index is 9.70. The first kappa shape index (κ1) is 9.43. The first-order chi connectivity index (χ1) is 4.56. The van der Waals surface area contributed by atoms with Gasteiger partial charge in [-0.05, 0) is 0 Å². The molecule has 0 N–H and O–H groups in total. The summed E-state index contributed by atoms with van der Waals surface area (Å²) in [6.07, 6.45) is 0.933. The molecular formula is C7H16NO2+. The molecule has 60 valence electrons. The van der Waals surface area contributed by atoms with Gasteiger partial charge in [-0.3, -0.25) is 4.79 Å². The van der Waals surface area contributed by atoms with Gasteiger partial charge in [-0.15, -0.1) is 0 Å². The molecule has 0 fully saturated rings. The van der Waals surface area contributed by atoms with Gasteiger partial charge in [0.2, 0.25) is 0 Å². The van der Waals surface area contributed by atoms with E-state index in [1.807, 2.05) is 0 Å². The quantitative estimate of drug-likeness (QED) is 0.316. The van der Waals surface area contributed by atoms with E-state index in [0.29, 0.717) is 13.1 Å². The van der Waals surface area contributed by atoms with Gasteiger partial charge in [0.05, 0.1) is 34.3 Å². The molecule has 0 radical (unpaired) electrons. The smallest absolute Gasteiger partial charge is 0.293 e. The lowest BCUT2D eigenvalue weighted by atomic mass is 10.4. The van der Waals surface area contributed by atoms with Gasteiger partial charge in [-0.2, -0.15) is 0 Å². The topological polar surface area (TPSA) is 26.3 Å². The number of hydrogen-bond acceptors (Lipinski definition) is 2. The first-order valence-electron chi connectivity index (χ1n) is 3.42. The van der Waals surface area contributed by atoms with E-state index in [2.05, 4.69) is 25.9 Å². The molecule has 0 rings (SSSR count). The van der Waals surface area contributed by atoms with Crippen molar-refractivity contribution in [1.29, 1.82) is 0 Å². The van der Waals surface area contributed by atoms with Crippen molar-refractivity contribution in [2.75, 3.05) is 34.3 Å². The number of carbonyl (C=O) groups is 1. The molecule has 0 aromatic heterocycles. The first-order valence-corrected chi connectivity index (χ1v) is 3.42. The van der Waals surface area contributed by atoms with E-state index in [9.17, 15) is 4.79 Å². The molecule has 0 saturated carbocycles. The minimum Gasteiger partial charge on any atom is -0.468 e. The zero-order chi connectivity index (χ0) is 8.04. The Bertz CT molecular complexity index is 96.3. The predicted octanol–water partition coefficient (Wildman–Crippen LogP) is 0.256. The van der Waals surface area contributed by atoms with E-state index in [1.54, 1.807) is 0 Å². The third-order valence-electron chi connectivity index (χ3n) is 1.16. The molecule has 0 aromatic carbocycles. The average Bonchev–Trinajstić information content (AvgIpc) is 1.78. The van der Waals surface area contributed by atoms with Crippen LogP contribution in [0.1, 0.15) is 6.42 Å². The van der Waals surface area contributed by atoms with Crippen molar-refractivity contribution >= 4 is 6.47 Å². The van der Waals surface area contributed by atoms with Crippen molar-refractivity contribution in [3.05, 3.63) is 0 Å². The number of hydrogen-bond donors (Lipinski definition) is 0. The Hall–Kier alpha value is -0.570. The molecule has 0 spiro atoms. The molecule has 0 bridgehead atoms. The molecule has 0 aliphatic rings. The van der Waals surface area contributed by atoms with Crippen LogP contribution < -0.4 is 0 Å². The van der Waals surface area contributed by atoms with E-state index in [-0.39, 0.29) is 0 Å². The van der Waals surface area contributed by atoms with Crippen LogP contribution in [0.25, 0.3) is 0 Å². The SMILES string of the molecule is C[N+](C)(C)CCCOC=O. The molecule has 0 saturated heterocycles. The van der Waals surface area contributed by atoms with Gasteiger partial charge in [-0.1, -0.05) is 0 Å². The minimum atomic E-state index is 0.496. The highest BCUT2D eigenvalue weighted by molar-refractivity contribution is 5.36. The molecule has 3 heteroatoms. The van der Waals surface area contributed by atoms with Gasteiger partial charge in [0, 0.05) is 6.42 Å². The van der Waals surface area contributed by atoms with E-state index in [1.165, 1.54) is 0 Å². The van der Waals surface area contributed by atoms with Crippen molar-refractivity contribution in [1.82, 2.24) is 0 Å².